The topological polar surface area (TPSA) is 179 Å². The van der Waals surface area contributed by atoms with Crippen LogP contribution in [-0.4, -0.2) is 96.0 Å². The molecule has 1 atom stereocenters. The van der Waals surface area contributed by atoms with Gasteiger partial charge in [0, 0.05) is 61.7 Å². The summed E-state index contributed by atoms with van der Waals surface area (Å²) < 4.78 is 12.2. The smallest absolute Gasteiger partial charge is 0.270 e. The van der Waals surface area contributed by atoms with Crippen LogP contribution in [0.25, 0.3) is 0 Å². The van der Waals surface area contributed by atoms with Crippen molar-refractivity contribution < 1.29 is 28.7 Å². The lowest BCUT2D eigenvalue weighted by molar-refractivity contribution is -0.164. The summed E-state index contributed by atoms with van der Waals surface area (Å²) in [5.74, 6) is 0.523. The van der Waals surface area contributed by atoms with Gasteiger partial charge in [0.2, 0.25) is 11.8 Å². The van der Waals surface area contributed by atoms with Crippen LogP contribution >= 0.6 is 11.6 Å². The third kappa shape index (κ3) is 9.22. The molecule has 1 aromatic carbocycles. The Balaban J connectivity index is 0.865. The number of aromatic nitrogens is 2. The Morgan fingerprint density at radius 2 is 1.68 bits per heavy atom. The first-order valence-corrected chi connectivity index (χ1v) is 19.5. The molecule has 1 unspecified atom stereocenters. The van der Waals surface area contributed by atoms with Crippen LogP contribution in [-0.2, 0) is 9.59 Å². The third-order valence-corrected chi connectivity index (χ3v) is 11.3. The van der Waals surface area contributed by atoms with Crippen molar-refractivity contribution >= 4 is 41.0 Å². The van der Waals surface area contributed by atoms with E-state index in [4.69, 9.17) is 21.1 Å². The van der Waals surface area contributed by atoms with Gasteiger partial charge >= 0.3 is 0 Å². The van der Waals surface area contributed by atoms with Crippen molar-refractivity contribution in [1.82, 2.24) is 30.8 Å². The van der Waals surface area contributed by atoms with Crippen molar-refractivity contribution in [2.75, 3.05) is 44.2 Å². The van der Waals surface area contributed by atoms with Crippen LogP contribution in [0.2, 0.25) is 5.02 Å². The Hall–Kier alpha value is -5.26. The molecule has 3 aliphatic rings. The fraction of sp³-hybridized carbons (Fsp3) is 0.488. The van der Waals surface area contributed by atoms with Crippen LogP contribution < -0.4 is 30.3 Å². The van der Waals surface area contributed by atoms with E-state index in [1.165, 1.54) is 6.20 Å². The molecule has 1 aliphatic carbocycles. The molecular weight excluding hydrogens is 736 g/mol. The highest BCUT2D eigenvalue weighted by molar-refractivity contribution is 6.31. The van der Waals surface area contributed by atoms with Gasteiger partial charge in [-0.05, 0) is 68.6 Å². The van der Waals surface area contributed by atoms with Crippen LogP contribution in [0.4, 0.5) is 5.82 Å². The quantitative estimate of drug-likeness (QED) is 0.155. The highest BCUT2D eigenvalue weighted by Gasteiger charge is 2.64. The highest BCUT2D eigenvalue weighted by atomic mass is 35.5. The molecule has 0 spiro atoms. The SMILES string of the molecule is CC1(C)C(NC(=O)c2ccc(N3CCN(CCCCCOc4ccc(C(=O)NC5CCC(=O)NC5=O)nc4)CC3)nc2)C(C)(C)C1Oc1ccc(C#N)c(Cl)c1. The molecular formula is C41H49ClN8O6. The fourth-order valence-electron chi connectivity index (χ4n) is 8.19. The number of unbranched alkanes of at least 4 members (excludes halogenated alkanes) is 2. The summed E-state index contributed by atoms with van der Waals surface area (Å²) >= 11 is 6.23. The van der Waals surface area contributed by atoms with Crippen LogP contribution in [0.5, 0.6) is 11.5 Å². The molecule has 6 rings (SSSR count). The number of nitrogens with one attached hydrogen (secondary N) is 3. The molecule has 15 heteroatoms. The number of amides is 4. The van der Waals surface area contributed by atoms with Crippen molar-refractivity contribution in [1.29, 1.82) is 5.26 Å². The minimum atomic E-state index is -0.751. The monoisotopic (exact) mass is 784 g/mol. The van der Waals surface area contributed by atoms with Crippen molar-refractivity contribution in [2.45, 2.75) is 78.0 Å². The second-order valence-electron chi connectivity index (χ2n) is 15.8. The highest BCUT2D eigenvalue weighted by Crippen LogP contribution is 2.55. The summed E-state index contributed by atoms with van der Waals surface area (Å²) in [6.07, 6.45) is 6.36. The minimum absolute atomic E-state index is 0.145. The molecule has 3 fully saturated rings. The van der Waals surface area contributed by atoms with Gasteiger partial charge in [0.25, 0.3) is 11.8 Å². The predicted molar refractivity (Wildman–Crippen MR) is 210 cm³/mol. The molecule has 2 aromatic heterocycles. The lowest BCUT2D eigenvalue weighted by Gasteiger charge is -2.63. The van der Waals surface area contributed by atoms with Gasteiger partial charge in [-0.2, -0.15) is 5.26 Å². The van der Waals surface area contributed by atoms with Crippen LogP contribution in [0, 0.1) is 22.2 Å². The van der Waals surface area contributed by atoms with E-state index in [0.29, 0.717) is 34.3 Å². The number of imide groups is 1. The summed E-state index contributed by atoms with van der Waals surface area (Å²) in [6.45, 7) is 13.4. The van der Waals surface area contributed by atoms with Crippen molar-refractivity contribution in [3.63, 3.8) is 0 Å². The second kappa shape index (κ2) is 17.3. The number of piperazine rings is 1. The van der Waals surface area contributed by atoms with E-state index in [-0.39, 0.29) is 53.3 Å². The normalized spacial score (nSPS) is 21.6. The van der Waals surface area contributed by atoms with E-state index in [1.54, 1.807) is 36.5 Å². The first kappa shape index (κ1) is 40.4. The Morgan fingerprint density at radius 3 is 2.32 bits per heavy atom. The molecule has 3 aromatic rings. The molecule has 4 amide bonds. The number of piperidine rings is 1. The lowest BCUT2D eigenvalue weighted by Crippen LogP contribution is -2.74. The van der Waals surface area contributed by atoms with Gasteiger partial charge < -0.3 is 25.0 Å². The zero-order valence-electron chi connectivity index (χ0n) is 32.3. The van der Waals surface area contributed by atoms with E-state index < -0.39 is 17.9 Å². The summed E-state index contributed by atoms with van der Waals surface area (Å²) in [7, 11) is 0. The number of halogens is 1. The van der Waals surface area contributed by atoms with E-state index >= 15 is 0 Å². The van der Waals surface area contributed by atoms with Crippen LogP contribution in [0.1, 0.15) is 86.2 Å². The number of carbonyl (C=O) groups is 4. The number of nitriles is 1. The number of benzene rings is 1. The number of rotatable bonds is 14. The van der Waals surface area contributed by atoms with Crippen LogP contribution in [0.3, 0.4) is 0 Å². The van der Waals surface area contributed by atoms with Gasteiger partial charge in [0.15, 0.2) is 0 Å². The maximum Gasteiger partial charge on any atom is 0.270 e. The zero-order valence-corrected chi connectivity index (χ0v) is 33.0. The largest absolute Gasteiger partial charge is 0.492 e. The number of anilines is 1. The molecule has 0 bridgehead atoms. The number of pyridine rings is 2. The van der Waals surface area contributed by atoms with E-state index in [9.17, 15) is 24.4 Å². The van der Waals surface area contributed by atoms with Crippen molar-refractivity contribution in [3.8, 4) is 17.6 Å². The number of nitrogens with zero attached hydrogens (tertiary/aromatic N) is 5. The lowest BCUT2D eigenvalue weighted by atomic mass is 9.49. The number of hydrogen-bond acceptors (Lipinski definition) is 11. The van der Waals surface area contributed by atoms with Gasteiger partial charge in [-0.3, -0.25) is 29.4 Å². The minimum Gasteiger partial charge on any atom is -0.492 e. The Morgan fingerprint density at radius 1 is 0.929 bits per heavy atom. The number of ether oxygens (including phenoxy) is 2. The van der Waals surface area contributed by atoms with Gasteiger partial charge in [-0.15, -0.1) is 0 Å². The predicted octanol–water partition coefficient (Wildman–Crippen LogP) is 4.52. The van der Waals surface area contributed by atoms with Gasteiger partial charge in [-0.1, -0.05) is 39.3 Å². The molecule has 4 heterocycles. The van der Waals surface area contributed by atoms with Gasteiger partial charge in [0.05, 0.1) is 29.0 Å². The van der Waals surface area contributed by atoms with Crippen LogP contribution in [0.15, 0.2) is 54.9 Å². The van der Waals surface area contributed by atoms with Crippen molar-refractivity contribution in [3.05, 3.63) is 76.7 Å². The molecule has 296 valence electrons. The summed E-state index contributed by atoms with van der Waals surface area (Å²) in [5, 5.41) is 17.6. The first-order chi connectivity index (χ1) is 26.8. The summed E-state index contributed by atoms with van der Waals surface area (Å²) in [5.41, 5.74) is 0.348. The Kier molecular flexibility index (Phi) is 12.5. The Labute approximate surface area is 332 Å². The molecule has 14 nitrogen and oxygen atoms in total. The average molecular weight is 785 g/mol. The maximum atomic E-state index is 13.4. The maximum absolute atomic E-state index is 13.4. The van der Waals surface area contributed by atoms with Gasteiger partial charge in [0.1, 0.15) is 41.2 Å². The molecule has 1 saturated carbocycles. The zero-order chi connectivity index (χ0) is 40.0. The fourth-order valence-corrected chi connectivity index (χ4v) is 8.40. The second-order valence-corrected chi connectivity index (χ2v) is 16.2. The Bertz CT molecular complexity index is 1940. The molecule has 2 saturated heterocycles. The van der Waals surface area contributed by atoms with Gasteiger partial charge in [-0.25, -0.2) is 9.97 Å². The average Bonchev–Trinajstić information content (AvgIpc) is 3.18. The molecule has 3 N–H and O–H groups in total. The third-order valence-electron chi connectivity index (χ3n) is 11.0. The first-order valence-electron chi connectivity index (χ1n) is 19.1. The van der Waals surface area contributed by atoms with Crippen molar-refractivity contribution in [2.24, 2.45) is 10.8 Å². The van der Waals surface area contributed by atoms with E-state index in [2.05, 4.69) is 69.5 Å². The molecule has 0 radical (unpaired) electrons. The summed E-state index contributed by atoms with van der Waals surface area (Å²) in [4.78, 5) is 62.6. The molecule has 2 aliphatic heterocycles. The summed E-state index contributed by atoms with van der Waals surface area (Å²) in [6, 6.07) is 13.2. The number of hydrogen-bond donors (Lipinski definition) is 3. The van der Waals surface area contributed by atoms with E-state index in [1.807, 2.05) is 12.1 Å². The molecule has 56 heavy (non-hydrogen) atoms. The van der Waals surface area contributed by atoms with E-state index in [0.717, 1.165) is 57.8 Å². The standard InChI is InChI=1S/C41H49ClN8O6/c1-40(2)38(41(3,4)39(40)56-28-10-8-26(23-43)30(42)22-28)48-35(52)27-9-14-33(45-24-27)50-19-17-49(18-20-50)16-6-5-7-21-55-29-11-12-31(44-25-29)36(53)46-32-13-15-34(51)47-37(32)54/h8-12,14,22,24-25,32,38-39H,5-7,13,15-21H2,1-4H3,(H,46,53)(H,48,52)(H,47,51,54). The number of carbonyl (C=O) groups excluding carboxylic acids is 4.